The Hall–Kier alpha value is 0.508. The minimum absolute atomic E-state index is 0.0214. The van der Waals surface area contributed by atoms with Gasteiger partial charge in [0.25, 0.3) is 0 Å². The van der Waals surface area contributed by atoms with Crippen molar-refractivity contribution in [2.75, 3.05) is 6.26 Å². The zero-order valence-corrected chi connectivity index (χ0v) is 9.14. The Bertz CT molecular complexity index is 176. The van der Waals surface area contributed by atoms with Crippen LogP contribution in [-0.2, 0) is 8.10 Å². The summed E-state index contributed by atoms with van der Waals surface area (Å²) in [4.78, 5) is 0. The third-order valence-corrected chi connectivity index (χ3v) is 7.66. The fraction of sp³-hybridized carbons (Fsp3) is 1.00. The summed E-state index contributed by atoms with van der Waals surface area (Å²) < 4.78 is 21.4. The molecule has 0 aromatic carbocycles. The molecule has 0 aliphatic carbocycles. The van der Waals surface area contributed by atoms with Crippen molar-refractivity contribution >= 4 is 22.7 Å². The Morgan fingerprint density at radius 1 is 1.22 bits per heavy atom. The summed E-state index contributed by atoms with van der Waals surface area (Å²) in [7, 11) is -2.66. The van der Waals surface area contributed by atoms with Gasteiger partial charge in [-0.05, 0) is 0 Å². The Morgan fingerprint density at radius 2 is 1.56 bits per heavy atom. The summed E-state index contributed by atoms with van der Waals surface area (Å²) >= 11 is -0.819. The van der Waals surface area contributed by atoms with Gasteiger partial charge in [0.1, 0.15) is 0 Å². The van der Waals surface area contributed by atoms with Crippen LogP contribution in [0.1, 0.15) is 20.8 Å². The van der Waals surface area contributed by atoms with E-state index in [9.17, 15) is 8.42 Å². The molecule has 0 spiro atoms. The van der Waals surface area contributed by atoms with E-state index in [1.807, 2.05) is 20.8 Å². The van der Waals surface area contributed by atoms with E-state index < -0.39 is 22.7 Å². The topological polar surface area (TPSA) is 34.1 Å². The normalized spacial score (nSPS) is 15.1. The molecule has 9 heavy (non-hydrogen) atoms. The van der Waals surface area contributed by atoms with Gasteiger partial charge in [-0.3, -0.25) is 0 Å². The van der Waals surface area contributed by atoms with E-state index >= 15 is 0 Å². The van der Waals surface area contributed by atoms with Gasteiger partial charge in [0.05, 0.1) is 0 Å². The fourth-order valence-corrected chi connectivity index (χ4v) is 8.67. The number of hydrogen-bond donors (Lipinski definition) is 0. The van der Waals surface area contributed by atoms with E-state index in [-0.39, 0.29) is 4.20 Å². The van der Waals surface area contributed by atoms with Gasteiger partial charge in [0.15, 0.2) is 0 Å². The molecule has 0 amide bonds. The molecule has 0 radical (unpaired) electrons. The number of rotatable bonds is 1. The van der Waals surface area contributed by atoms with Crippen molar-refractivity contribution in [1.82, 2.24) is 0 Å². The van der Waals surface area contributed by atoms with Crippen LogP contribution in [0.25, 0.3) is 0 Å². The zero-order valence-electron chi connectivity index (χ0n) is 6.22. The molecule has 1 atom stereocenters. The molecule has 0 aromatic heterocycles. The second kappa shape index (κ2) is 2.63. The third-order valence-electron chi connectivity index (χ3n) is 0.492. The molecule has 2 nitrogen and oxygen atoms in total. The van der Waals surface area contributed by atoms with E-state index in [4.69, 9.17) is 0 Å². The molecule has 56 valence electrons. The van der Waals surface area contributed by atoms with Crippen molar-refractivity contribution in [3.8, 4) is 0 Å². The Labute approximate surface area is 62.6 Å². The van der Waals surface area contributed by atoms with Gasteiger partial charge < -0.3 is 0 Å². The molecule has 0 aliphatic rings. The van der Waals surface area contributed by atoms with Crippen molar-refractivity contribution in [1.29, 1.82) is 0 Å². The molecule has 0 aromatic rings. The van der Waals surface area contributed by atoms with Crippen molar-refractivity contribution in [3.63, 3.8) is 0 Å². The van der Waals surface area contributed by atoms with Crippen molar-refractivity contribution < 1.29 is 8.42 Å². The van der Waals surface area contributed by atoms with Gasteiger partial charge in [-0.2, -0.15) is 0 Å². The van der Waals surface area contributed by atoms with Gasteiger partial charge in [-0.25, -0.2) is 0 Å². The average molecular weight is 212 g/mol. The van der Waals surface area contributed by atoms with Gasteiger partial charge in [0, 0.05) is 0 Å². The molecule has 0 fully saturated rings. The van der Waals surface area contributed by atoms with Crippen LogP contribution in [0.5, 0.6) is 0 Å². The summed E-state index contributed by atoms with van der Waals surface area (Å²) in [6.45, 7) is 5.90. The summed E-state index contributed by atoms with van der Waals surface area (Å²) in [5.41, 5.74) is 0. The average Bonchev–Trinajstić information content (AvgIpc) is 1.14. The molecule has 4 heteroatoms. The van der Waals surface area contributed by atoms with Gasteiger partial charge in [-0.1, -0.05) is 0 Å². The first-order chi connectivity index (χ1) is 3.71. The van der Waals surface area contributed by atoms with Gasteiger partial charge >= 0.3 is 62.3 Å². The van der Waals surface area contributed by atoms with Crippen molar-refractivity contribution in [3.05, 3.63) is 0 Å². The first-order valence-corrected chi connectivity index (χ1v) is 8.21. The van der Waals surface area contributed by atoms with Crippen LogP contribution in [0.3, 0.4) is 0 Å². The Morgan fingerprint density at radius 3 is 1.56 bits per heavy atom. The molecule has 0 saturated heterocycles. The van der Waals surface area contributed by atoms with Gasteiger partial charge in [0.2, 0.25) is 0 Å². The molecule has 0 N–H and O–H groups in total. The van der Waals surface area contributed by atoms with Gasteiger partial charge in [-0.15, -0.1) is 0 Å². The fourth-order valence-electron chi connectivity index (χ4n) is 0.556. The van der Waals surface area contributed by atoms with E-state index in [2.05, 4.69) is 0 Å². The monoisotopic (exact) mass is 212 g/mol. The first-order valence-electron chi connectivity index (χ1n) is 2.70. The van der Waals surface area contributed by atoms with Crippen molar-refractivity contribution in [2.24, 2.45) is 0 Å². The maximum atomic E-state index is 10.7. The van der Waals surface area contributed by atoms with E-state index in [1.165, 1.54) is 6.26 Å². The second-order valence-electron chi connectivity index (χ2n) is 3.12. The SMILES string of the molecule is CC(C)(C)[AsH]S(C)(=O)=O. The molecular formula is C5H13AsO2S. The molecule has 0 heterocycles. The van der Waals surface area contributed by atoms with Crippen LogP contribution in [0, 0.1) is 0 Å². The first kappa shape index (κ1) is 9.51. The molecule has 0 saturated carbocycles. The van der Waals surface area contributed by atoms with Crippen LogP contribution in [-0.4, -0.2) is 29.3 Å². The van der Waals surface area contributed by atoms with Crippen molar-refractivity contribution in [2.45, 2.75) is 25.0 Å². The summed E-state index contributed by atoms with van der Waals surface area (Å²) in [5, 5.41) is 0. The standard InChI is InChI=1S/C5H13AsO2S/c1-5(2,3)6-9(4,7)8/h6H,1-4H3. The second-order valence-corrected chi connectivity index (χ2v) is 14.0. The Balaban J connectivity index is 4.07. The molecule has 1 unspecified atom stereocenters. The third kappa shape index (κ3) is 8.51. The molecule has 0 bridgehead atoms. The molecule has 0 rings (SSSR count). The van der Waals surface area contributed by atoms with E-state index in [0.29, 0.717) is 0 Å². The van der Waals surface area contributed by atoms with Crippen LogP contribution in [0.15, 0.2) is 0 Å². The summed E-state index contributed by atoms with van der Waals surface area (Å²) in [6.07, 6.45) is 1.32. The molecular weight excluding hydrogens is 199 g/mol. The minimum atomic E-state index is -2.66. The van der Waals surface area contributed by atoms with Crippen LogP contribution >= 0.6 is 0 Å². The van der Waals surface area contributed by atoms with E-state index in [1.54, 1.807) is 0 Å². The summed E-state index contributed by atoms with van der Waals surface area (Å²) in [6, 6.07) is 0. The number of hydrogen-bond acceptors (Lipinski definition) is 2. The quantitative estimate of drug-likeness (QED) is 0.596. The predicted molar refractivity (Wildman–Crippen MR) is 41.7 cm³/mol. The Kier molecular flexibility index (Phi) is 2.78. The van der Waals surface area contributed by atoms with Crippen LogP contribution in [0.4, 0.5) is 0 Å². The maximum absolute atomic E-state index is 10.7. The van der Waals surface area contributed by atoms with Crippen LogP contribution in [0.2, 0.25) is 4.20 Å². The summed E-state index contributed by atoms with van der Waals surface area (Å²) in [5.74, 6) is 0. The van der Waals surface area contributed by atoms with E-state index in [0.717, 1.165) is 0 Å². The van der Waals surface area contributed by atoms with Crippen LogP contribution < -0.4 is 0 Å². The zero-order chi connectivity index (χ0) is 7.71. The molecule has 0 aliphatic heterocycles. The predicted octanol–water partition coefficient (Wildman–Crippen LogP) is 0.601.